The van der Waals surface area contributed by atoms with Crippen LogP contribution in [0.1, 0.15) is 20.9 Å². The molecule has 1 aromatic carbocycles. The van der Waals surface area contributed by atoms with Crippen molar-refractivity contribution in [3.05, 3.63) is 57.3 Å². The number of thiophene rings is 1. The van der Waals surface area contributed by atoms with Crippen LogP contribution in [0.2, 0.25) is 0 Å². The van der Waals surface area contributed by atoms with E-state index in [2.05, 4.69) is 4.72 Å². The maximum absolute atomic E-state index is 12.0. The molecule has 2 aromatic rings. The topological polar surface area (TPSA) is 46.2 Å². The Bertz CT molecular complexity index is 642. The van der Waals surface area contributed by atoms with E-state index < -0.39 is 10.0 Å². The fourth-order valence-electron chi connectivity index (χ4n) is 1.72. The van der Waals surface area contributed by atoms with E-state index in [-0.39, 0.29) is 5.75 Å². The van der Waals surface area contributed by atoms with Gasteiger partial charge in [0.2, 0.25) is 10.0 Å². The summed E-state index contributed by atoms with van der Waals surface area (Å²) in [5.41, 5.74) is 1.93. The Balaban J connectivity index is 1.97. The lowest BCUT2D eigenvalue weighted by Crippen LogP contribution is -2.24. The number of sulfonamides is 1. The summed E-state index contributed by atoms with van der Waals surface area (Å²) in [6.07, 6.45) is 0. The minimum Gasteiger partial charge on any atom is -0.212 e. The average Bonchev–Trinajstić information content (AvgIpc) is 2.76. The van der Waals surface area contributed by atoms with E-state index in [1.54, 1.807) is 11.3 Å². The molecule has 0 spiro atoms. The predicted molar refractivity (Wildman–Crippen MR) is 79.7 cm³/mol. The van der Waals surface area contributed by atoms with Gasteiger partial charge in [0.25, 0.3) is 0 Å². The van der Waals surface area contributed by atoms with Gasteiger partial charge in [-0.15, -0.1) is 11.3 Å². The second-order valence-corrected chi connectivity index (χ2v) is 7.76. The molecular weight excluding hydrogens is 278 g/mol. The van der Waals surface area contributed by atoms with Gasteiger partial charge in [-0.1, -0.05) is 29.8 Å². The van der Waals surface area contributed by atoms with Crippen LogP contribution in [0.15, 0.2) is 36.4 Å². The van der Waals surface area contributed by atoms with Crippen molar-refractivity contribution in [2.75, 3.05) is 0 Å². The predicted octanol–water partition coefficient (Wildman–Crippen LogP) is 2.98. The first-order chi connectivity index (χ1) is 8.94. The summed E-state index contributed by atoms with van der Waals surface area (Å²) in [5.74, 6) is 0.0254. The van der Waals surface area contributed by atoms with Gasteiger partial charge in [-0.2, -0.15) is 0 Å². The highest BCUT2D eigenvalue weighted by atomic mass is 32.2. The summed E-state index contributed by atoms with van der Waals surface area (Å²) < 4.78 is 26.6. The first-order valence-electron chi connectivity index (χ1n) is 6.03. The largest absolute Gasteiger partial charge is 0.216 e. The Kier molecular flexibility index (Phi) is 4.39. The Morgan fingerprint density at radius 1 is 1.05 bits per heavy atom. The van der Waals surface area contributed by atoms with Gasteiger partial charge in [0.1, 0.15) is 0 Å². The van der Waals surface area contributed by atoms with Crippen LogP contribution in [-0.2, 0) is 22.3 Å². The lowest BCUT2D eigenvalue weighted by atomic mass is 10.2. The molecule has 0 saturated heterocycles. The molecule has 0 atom stereocenters. The number of hydrogen-bond donors (Lipinski definition) is 1. The van der Waals surface area contributed by atoms with Crippen molar-refractivity contribution < 1.29 is 8.42 Å². The molecule has 102 valence electrons. The van der Waals surface area contributed by atoms with Crippen molar-refractivity contribution in [2.24, 2.45) is 0 Å². The van der Waals surface area contributed by atoms with E-state index in [0.29, 0.717) is 6.54 Å². The average molecular weight is 295 g/mol. The highest BCUT2D eigenvalue weighted by Gasteiger charge is 2.11. The SMILES string of the molecule is Cc1ccc(CS(=O)(=O)NCc2ccc(C)s2)cc1. The van der Waals surface area contributed by atoms with E-state index in [0.717, 1.165) is 16.0 Å². The third-order valence-electron chi connectivity index (χ3n) is 2.74. The molecule has 2 rings (SSSR count). The molecule has 0 unspecified atom stereocenters. The van der Waals surface area contributed by atoms with E-state index in [9.17, 15) is 8.42 Å². The Morgan fingerprint density at radius 2 is 1.74 bits per heavy atom. The first kappa shape index (κ1) is 14.2. The summed E-state index contributed by atoms with van der Waals surface area (Å²) in [6.45, 7) is 4.36. The summed E-state index contributed by atoms with van der Waals surface area (Å²) in [4.78, 5) is 2.22. The number of rotatable bonds is 5. The Morgan fingerprint density at radius 3 is 2.32 bits per heavy atom. The number of nitrogens with one attached hydrogen (secondary N) is 1. The standard InChI is InChI=1S/C14H17NO2S2/c1-11-3-6-13(7-4-11)10-19(16,17)15-9-14-8-5-12(2)18-14/h3-8,15H,9-10H2,1-2H3. The molecule has 1 N–H and O–H groups in total. The first-order valence-corrected chi connectivity index (χ1v) is 8.50. The fraction of sp³-hybridized carbons (Fsp3) is 0.286. The molecular formula is C14H17NO2S2. The zero-order chi connectivity index (χ0) is 13.9. The third kappa shape index (κ3) is 4.45. The van der Waals surface area contributed by atoms with E-state index in [4.69, 9.17) is 0 Å². The molecule has 0 radical (unpaired) electrons. The smallest absolute Gasteiger partial charge is 0.212 e. The normalized spacial score (nSPS) is 11.7. The molecule has 0 amide bonds. The molecule has 1 heterocycles. The van der Waals surface area contributed by atoms with Crippen molar-refractivity contribution >= 4 is 21.4 Å². The van der Waals surface area contributed by atoms with Gasteiger partial charge in [-0.3, -0.25) is 0 Å². The van der Waals surface area contributed by atoms with Crippen LogP contribution in [0.4, 0.5) is 0 Å². The van der Waals surface area contributed by atoms with Gasteiger partial charge in [0, 0.05) is 16.3 Å². The van der Waals surface area contributed by atoms with Gasteiger partial charge >= 0.3 is 0 Å². The summed E-state index contributed by atoms with van der Waals surface area (Å²) in [6, 6.07) is 11.5. The molecule has 1 aromatic heterocycles. The second kappa shape index (κ2) is 5.86. The van der Waals surface area contributed by atoms with E-state index >= 15 is 0 Å². The summed E-state index contributed by atoms with van der Waals surface area (Å²) in [7, 11) is -3.28. The van der Waals surface area contributed by atoms with Crippen LogP contribution in [0.25, 0.3) is 0 Å². The van der Waals surface area contributed by atoms with Crippen LogP contribution in [0, 0.1) is 13.8 Å². The Hall–Kier alpha value is -1.17. The molecule has 0 aliphatic carbocycles. The molecule has 19 heavy (non-hydrogen) atoms. The van der Waals surface area contributed by atoms with Gasteiger partial charge < -0.3 is 0 Å². The van der Waals surface area contributed by atoms with E-state index in [1.807, 2.05) is 50.2 Å². The highest BCUT2D eigenvalue weighted by molar-refractivity contribution is 7.88. The second-order valence-electron chi connectivity index (χ2n) is 4.58. The van der Waals surface area contributed by atoms with Gasteiger partial charge in [-0.25, -0.2) is 13.1 Å². The molecule has 0 bridgehead atoms. The lowest BCUT2D eigenvalue weighted by Gasteiger charge is -2.06. The van der Waals surface area contributed by atoms with Crippen molar-refractivity contribution in [3.63, 3.8) is 0 Å². The lowest BCUT2D eigenvalue weighted by molar-refractivity contribution is 0.581. The molecule has 3 nitrogen and oxygen atoms in total. The minimum absolute atomic E-state index is 0.0254. The maximum Gasteiger partial charge on any atom is 0.216 e. The zero-order valence-electron chi connectivity index (χ0n) is 11.0. The van der Waals surface area contributed by atoms with Gasteiger partial charge in [0.05, 0.1) is 5.75 Å². The molecule has 0 saturated carbocycles. The number of aryl methyl sites for hydroxylation is 2. The highest BCUT2D eigenvalue weighted by Crippen LogP contribution is 2.15. The quantitative estimate of drug-likeness (QED) is 0.921. The van der Waals surface area contributed by atoms with Crippen LogP contribution >= 0.6 is 11.3 Å². The van der Waals surface area contributed by atoms with Crippen LogP contribution in [0.5, 0.6) is 0 Å². The maximum atomic E-state index is 12.0. The number of benzene rings is 1. The molecule has 0 aliphatic rings. The van der Waals surface area contributed by atoms with Gasteiger partial charge in [-0.05, 0) is 31.5 Å². The van der Waals surface area contributed by atoms with E-state index in [1.165, 1.54) is 4.88 Å². The monoisotopic (exact) mass is 295 g/mol. The van der Waals surface area contributed by atoms with Crippen LogP contribution < -0.4 is 4.72 Å². The zero-order valence-corrected chi connectivity index (χ0v) is 12.6. The van der Waals surface area contributed by atoms with Crippen molar-refractivity contribution in [1.29, 1.82) is 0 Å². The molecule has 5 heteroatoms. The van der Waals surface area contributed by atoms with Gasteiger partial charge in [0.15, 0.2) is 0 Å². The third-order valence-corrected chi connectivity index (χ3v) is 5.04. The fourth-order valence-corrected chi connectivity index (χ4v) is 3.75. The van der Waals surface area contributed by atoms with Crippen LogP contribution in [-0.4, -0.2) is 8.42 Å². The molecule has 0 fully saturated rings. The van der Waals surface area contributed by atoms with Crippen molar-refractivity contribution in [1.82, 2.24) is 4.72 Å². The van der Waals surface area contributed by atoms with Crippen LogP contribution in [0.3, 0.4) is 0 Å². The summed E-state index contributed by atoms with van der Waals surface area (Å²) in [5, 5.41) is 0. The van der Waals surface area contributed by atoms with Crippen molar-refractivity contribution in [3.8, 4) is 0 Å². The Labute approximate surface area is 118 Å². The van der Waals surface area contributed by atoms with Crippen molar-refractivity contribution in [2.45, 2.75) is 26.1 Å². The summed E-state index contributed by atoms with van der Waals surface area (Å²) >= 11 is 1.61. The molecule has 0 aliphatic heterocycles. The number of hydrogen-bond acceptors (Lipinski definition) is 3. The minimum atomic E-state index is -3.28.